The van der Waals surface area contributed by atoms with E-state index in [9.17, 15) is 9.59 Å². The zero-order valence-corrected chi connectivity index (χ0v) is 17.1. The number of hydrogen-bond acceptors (Lipinski definition) is 6. The molecule has 0 atom stereocenters. The Bertz CT molecular complexity index is 879. The van der Waals surface area contributed by atoms with Crippen LogP contribution >= 0.6 is 0 Å². The summed E-state index contributed by atoms with van der Waals surface area (Å²) in [6, 6.07) is 9.28. The van der Waals surface area contributed by atoms with Crippen molar-refractivity contribution in [3.05, 3.63) is 53.9 Å². The number of aromatic nitrogens is 1. The summed E-state index contributed by atoms with van der Waals surface area (Å²) in [6.07, 6.45) is 4.86. The third-order valence-corrected chi connectivity index (χ3v) is 5.52. The zero-order valence-electron chi connectivity index (χ0n) is 17.1. The summed E-state index contributed by atoms with van der Waals surface area (Å²) >= 11 is 0. The van der Waals surface area contributed by atoms with E-state index in [1.807, 2.05) is 17.0 Å². The maximum Gasteiger partial charge on any atom is 0.223 e. The quantitative estimate of drug-likeness (QED) is 0.683. The SMILES string of the molecule is O=C(CCC(=O)N1CCN(Cc2ccncc2)CC1)c1ccc2c(c1)OCCCO2. The highest BCUT2D eigenvalue weighted by Gasteiger charge is 2.22. The van der Waals surface area contributed by atoms with Gasteiger partial charge in [0.25, 0.3) is 0 Å². The molecule has 0 spiro atoms. The summed E-state index contributed by atoms with van der Waals surface area (Å²) < 4.78 is 11.3. The molecule has 1 saturated heterocycles. The Hall–Kier alpha value is -2.93. The van der Waals surface area contributed by atoms with Crippen LogP contribution in [-0.2, 0) is 11.3 Å². The molecule has 1 aromatic heterocycles. The van der Waals surface area contributed by atoms with Crippen molar-refractivity contribution in [2.45, 2.75) is 25.8 Å². The first kappa shape index (κ1) is 20.3. The number of benzene rings is 1. The van der Waals surface area contributed by atoms with Gasteiger partial charge < -0.3 is 14.4 Å². The van der Waals surface area contributed by atoms with E-state index in [0.29, 0.717) is 43.4 Å². The summed E-state index contributed by atoms with van der Waals surface area (Å²) in [5, 5.41) is 0. The number of Topliss-reactive ketones (excluding diaryl/α,β-unsaturated/α-hetero) is 1. The van der Waals surface area contributed by atoms with Crippen LogP contribution in [0.1, 0.15) is 35.2 Å². The molecule has 2 aliphatic heterocycles. The van der Waals surface area contributed by atoms with E-state index in [2.05, 4.69) is 9.88 Å². The van der Waals surface area contributed by atoms with Crippen molar-refractivity contribution in [3.63, 3.8) is 0 Å². The number of nitrogens with zero attached hydrogens (tertiary/aromatic N) is 3. The Balaban J connectivity index is 1.24. The summed E-state index contributed by atoms with van der Waals surface area (Å²) in [4.78, 5) is 33.4. The average molecular weight is 409 g/mol. The predicted molar refractivity (Wildman–Crippen MR) is 112 cm³/mol. The topological polar surface area (TPSA) is 72.0 Å². The molecule has 158 valence electrons. The second-order valence-corrected chi connectivity index (χ2v) is 7.65. The van der Waals surface area contributed by atoms with Crippen molar-refractivity contribution < 1.29 is 19.1 Å². The van der Waals surface area contributed by atoms with Gasteiger partial charge in [-0.05, 0) is 35.9 Å². The van der Waals surface area contributed by atoms with Crippen LogP contribution in [0.25, 0.3) is 0 Å². The fourth-order valence-electron chi connectivity index (χ4n) is 3.76. The largest absolute Gasteiger partial charge is 0.490 e. The number of carbonyl (C=O) groups is 2. The van der Waals surface area contributed by atoms with Gasteiger partial charge in [-0.1, -0.05) is 0 Å². The highest BCUT2D eigenvalue weighted by atomic mass is 16.5. The van der Waals surface area contributed by atoms with Crippen molar-refractivity contribution >= 4 is 11.7 Å². The molecule has 1 aromatic carbocycles. The molecule has 0 saturated carbocycles. The highest BCUT2D eigenvalue weighted by molar-refractivity contribution is 5.98. The first-order valence-corrected chi connectivity index (χ1v) is 10.5. The molecule has 2 aliphatic rings. The fourth-order valence-corrected chi connectivity index (χ4v) is 3.76. The maximum atomic E-state index is 12.6. The Morgan fingerprint density at radius 1 is 0.900 bits per heavy atom. The van der Waals surface area contributed by atoms with Crippen molar-refractivity contribution in [2.75, 3.05) is 39.4 Å². The lowest BCUT2D eigenvalue weighted by Crippen LogP contribution is -2.48. The van der Waals surface area contributed by atoms with E-state index < -0.39 is 0 Å². The van der Waals surface area contributed by atoms with E-state index in [0.717, 1.165) is 26.1 Å². The lowest BCUT2D eigenvalue weighted by molar-refractivity contribution is -0.132. The minimum absolute atomic E-state index is 0.0428. The minimum atomic E-state index is -0.0460. The molecule has 1 amide bonds. The monoisotopic (exact) mass is 409 g/mol. The molecule has 0 radical (unpaired) electrons. The van der Waals surface area contributed by atoms with E-state index in [1.165, 1.54) is 5.56 Å². The second-order valence-electron chi connectivity index (χ2n) is 7.65. The molecule has 0 bridgehead atoms. The molecule has 2 aromatic rings. The van der Waals surface area contributed by atoms with Gasteiger partial charge in [0.15, 0.2) is 17.3 Å². The van der Waals surface area contributed by atoms with Gasteiger partial charge in [-0.15, -0.1) is 0 Å². The van der Waals surface area contributed by atoms with Gasteiger partial charge in [-0.3, -0.25) is 19.5 Å². The number of piperazine rings is 1. The molecule has 0 unspecified atom stereocenters. The third kappa shape index (κ3) is 5.16. The summed E-state index contributed by atoms with van der Waals surface area (Å²) in [5.74, 6) is 1.27. The van der Waals surface area contributed by atoms with Gasteiger partial charge in [-0.2, -0.15) is 0 Å². The number of ketones is 1. The lowest BCUT2D eigenvalue weighted by Gasteiger charge is -2.34. The predicted octanol–water partition coefficient (Wildman–Crippen LogP) is 2.55. The van der Waals surface area contributed by atoms with Crippen LogP contribution in [0.5, 0.6) is 11.5 Å². The minimum Gasteiger partial charge on any atom is -0.490 e. The van der Waals surface area contributed by atoms with Crippen LogP contribution in [0.2, 0.25) is 0 Å². The van der Waals surface area contributed by atoms with Crippen molar-refractivity contribution in [1.29, 1.82) is 0 Å². The number of hydrogen-bond donors (Lipinski definition) is 0. The van der Waals surface area contributed by atoms with Gasteiger partial charge in [0.1, 0.15) is 0 Å². The molecular weight excluding hydrogens is 382 g/mol. The molecule has 1 fully saturated rings. The molecule has 7 nitrogen and oxygen atoms in total. The summed E-state index contributed by atoms with van der Waals surface area (Å²) in [7, 11) is 0. The molecule has 0 N–H and O–H groups in total. The number of fused-ring (bicyclic) bond motifs is 1. The maximum absolute atomic E-state index is 12.6. The van der Waals surface area contributed by atoms with Crippen LogP contribution in [0.3, 0.4) is 0 Å². The van der Waals surface area contributed by atoms with Gasteiger partial charge in [0.2, 0.25) is 5.91 Å². The number of amides is 1. The number of rotatable bonds is 6. The first-order valence-electron chi connectivity index (χ1n) is 10.5. The van der Waals surface area contributed by atoms with E-state index >= 15 is 0 Å². The van der Waals surface area contributed by atoms with Gasteiger partial charge >= 0.3 is 0 Å². The molecule has 3 heterocycles. The van der Waals surface area contributed by atoms with E-state index in [4.69, 9.17) is 9.47 Å². The standard InChI is InChI=1S/C23H27N3O4/c27-20(19-2-4-21-22(16-19)30-15-1-14-29-21)3-5-23(28)26-12-10-25(11-13-26)17-18-6-8-24-9-7-18/h2,4,6-9,16H,1,3,5,10-15,17H2. The third-order valence-electron chi connectivity index (χ3n) is 5.52. The number of ether oxygens (including phenoxy) is 2. The van der Waals surface area contributed by atoms with Crippen LogP contribution < -0.4 is 9.47 Å². The Labute approximate surface area is 176 Å². The van der Waals surface area contributed by atoms with Gasteiger partial charge in [0, 0.05) is 69.9 Å². The molecule has 4 rings (SSSR count). The van der Waals surface area contributed by atoms with Crippen molar-refractivity contribution in [2.24, 2.45) is 0 Å². The first-order chi connectivity index (χ1) is 14.7. The van der Waals surface area contributed by atoms with Crippen LogP contribution in [0.4, 0.5) is 0 Å². The van der Waals surface area contributed by atoms with Gasteiger partial charge in [0.05, 0.1) is 13.2 Å². The smallest absolute Gasteiger partial charge is 0.223 e. The summed E-state index contributed by atoms with van der Waals surface area (Å²) in [5.41, 5.74) is 1.79. The van der Waals surface area contributed by atoms with Gasteiger partial charge in [-0.25, -0.2) is 0 Å². The Morgan fingerprint density at radius 3 is 2.40 bits per heavy atom. The fraction of sp³-hybridized carbons (Fsp3) is 0.435. The van der Waals surface area contributed by atoms with Crippen molar-refractivity contribution in [3.8, 4) is 11.5 Å². The zero-order chi connectivity index (χ0) is 20.8. The molecule has 30 heavy (non-hydrogen) atoms. The Morgan fingerprint density at radius 2 is 1.63 bits per heavy atom. The lowest BCUT2D eigenvalue weighted by atomic mass is 10.1. The highest BCUT2D eigenvalue weighted by Crippen LogP contribution is 2.30. The second kappa shape index (κ2) is 9.71. The van der Waals surface area contributed by atoms with E-state index in [1.54, 1.807) is 30.6 Å². The van der Waals surface area contributed by atoms with Crippen molar-refractivity contribution in [1.82, 2.24) is 14.8 Å². The van der Waals surface area contributed by atoms with Crippen LogP contribution in [-0.4, -0.2) is 65.9 Å². The van der Waals surface area contributed by atoms with Crippen LogP contribution in [0, 0.1) is 0 Å². The molecule has 0 aliphatic carbocycles. The number of carbonyl (C=O) groups excluding carboxylic acids is 2. The average Bonchev–Trinajstić information content (AvgIpc) is 3.03. The van der Waals surface area contributed by atoms with Crippen LogP contribution in [0.15, 0.2) is 42.7 Å². The number of pyridine rings is 1. The summed E-state index contributed by atoms with van der Waals surface area (Å²) in [6.45, 7) is 5.13. The molecular formula is C23H27N3O4. The molecule has 7 heteroatoms. The Kier molecular flexibility index (Phi) is 6.59. The van der Waals surface area contributed by atoms with E-state index in [-0.39, 0.29) is 24.5 Å². The normalized spacial score (nSPS) is 16.7.